The maximum Gasteiger partial charge on any atom is 0.325 e. The fraction of sp³-hybridized carbons (Fsp3) is 0.412. The van der Waals surface area contributed by atoms with Crippen molar-refractivity contribution in [2.75, 3.05) is 0 Å². The second-order valence-corrected chi connectivity index (χ2v) is 6.80. The Bertz CT molecular complexity index is 1040. The molecule has 2 N–H and O–H groups in total. The number of aromatic nitrogens is 5. The van der Waals surface area contributed by atoms with Crippen molar-refractivity contribution in [2.45, 2.75) is 31.6 Å². The van der Waals surface area contributed by atoms with Crippen molar-refractivity contribution in [2.24, 2.45) is 11.8 Å². The van der Waals surface area contributed by atoms with Crippen LogP contribution in [0.3, 0.4) is 0 Å². The SMILES string of the molecule is FC1(F)CC(C2CC2)C1.O=c1[nH]cc(-c2ccc3nccn3n2)c(=O)[nH]1. The van der Waals surface area contributed by atoms with Crippen LogP contribution in [0.15, 0.2) is 40.3 Å². The highest BCUT2D eigenvalue weighted by molar-refractivity contribution is 5.57. The minimum atomic E-state index is -2.28. The van der Waals surface area contributed by atoms with Crippen LogP contribution in [0.1, 0.15) is 25.7 Å². The fourth-order valence-corrected chi connectivity index (χ4v) is 3.17. The summed E-state index contributed by atoms with van der Waals surface area (Å²) >= 11 is 0. The Balaban J connectivity index is 0.000000157. The summed E-state index contributed by atoms with van der Waals surface area (Å²) in [6.45, 7) is 0. The number of alkyl halides is 2. The van der Waals surface area contributed by atoms with Gasteiger partial charge >= 0.3 is 5.69 Å². The third-order valence-electron chi connectivity index (χ3n) is 4.76. The number of halogens is 2. The molecule has 2 fully saturated rings. The van der Waals surface area contributed by atoms with Gasteiger partial charge in [-0.3, -0.25) is 9.78 Å². The molecule has 0 unspecified atom stereocenters. The lowest BCUT2D eigenvalue weighted by Gasteiger charge is -2.34. The van der Waals surface area contributed by atoms with E-state index in [0.717, 1.165) is 0 Å². The molecule has 9 heteroatoms. The van der Waals surface area contributed by atoms with Crippen LogP contribution in [0, 0.1) is 11.8 Å². The molecule has 0 aliphatic heterocycles. The van der Waals surface area contributed by atoms with E-state index in [2.05, 4.69) is 20.1 Å². The van der Waals surface area contributed by atoms with Gasteiger partial charge in [-0.2, -0.15) is 5.10 Å². The van der Waals surface area contributed by atoms with Crippen LogP contribution >= 0.6 is 0 Å². The van der Waals surface area contributed by atoms with Crippen molar-refractivity contribution < 1.29 is 8.78 Å². The maximum absolute atomic E-state index is 12.2. The lowest BCUT2D eigenvalue weighted by Crippen LogP contribution is -2.36. The van der Waals surface area contributed by atoms with Gasteiger partial charge in [0.15, 0.2) is 5.65 Å². The zero-order valence-electron chi connectivity index (χ0n) is 13.8. The van der Waals surface area contributed by atoms with Crippen molar-refractivity contribution >= 4 is 5.65 Å². The molecule has 2 aliphatic carbocycles. The summed E-state index contributed by atoms with van der Waals surface area (Å²) in [7, 11) is 0. The maximum atomic E-state index is 12.2. The number of H-pyrrole nitrogens is 2. The molecule has 136 valence electrons. The van der Waals surface area contributed by atoms with Gasteiger partial charge in [0.25, 0.3) is 5.56 Å². The normalized spacial score (nSPS) is 18.8. The number of hydrogen-bond acceptors (Lipinski definition) is 4. The Morgan fingerprint density at radius 1 is 1.15 bits per heavy atom. The molecule has 7 nitrogen and oxygen atoms in total. The van der Waals surface area contributed by atoms with Gasteiger partial charge in [-0.1, -0.05) is 0 Å². The summed E-state index contributed by atoms with van der Waals surface area (Å²) < 4.78 is 25.9. The molecule has 0 amide bonds. The molecule has 2 aliphatic rings. The van der Waals surface area contributed by atoms with Gasteiger partial charge in [0.2, 0.25) is 5.92 Å². The van der Waals surface area contributed by atoms with E-state index in [1.807, 2.05) is 0 Å². The first-order chi connectivity index (χ1) is 12.4. The van der Waals surface area contributed by atoms with Crippen molar-refractivity contribution in [3.05, 3.63) is 51.6 Å². The number of nitrogens with one attached hydrogen (secondary N) is 2. The average Bonchev–Trinajstić information content (AvgIpc) is 3.30. The van der Waals surface area contributed by atoms with E-state index >= 15 is 0 Å². The Hall–Kier alpha value is -2.84. The summed E-state index contributed by atoms with van der Waals surface area (Å²) in [5, 5.41) is 4.21. The lowest BCUT2D eigenvalue weighted by molar-refractivity contribution is -0.116. The van der Waals surface area contributed by atoms with Crippen LogP contribution in [0.2, 0.25) is 0 Å². The highest BCUT2D eigenvalue weighted by Crippen LogP contribution is 2.53. The largest absolute Gasteiger partial charge is 0.325 e. The minimum absolute atomic E-state index is 0.178. The lowest BCUT2D eigenvalue weighted by atomic mass is 9.78. The molecule has 26 heavy (non-hydrogen) atoms. The standard InChI is InChI=1S/C10H7N5O2.C7H10F2/c16-9-6(5-12-10(17)13-9)7-1-2-8-11-3-4-15(8)14-7;8-7(9)3-6(4-7)5-1-2-5/h1-5H,(H2,12,13,16,17);5-6H,1-4H2. The number of fused-ring (bicyclic) bond motifs is 1. The van der Waals surface area contributed by atoms with Crippen molar-refractivity contribution in [3.8, 4) is 11.3 Å². The van der Waals surface area contributed by atoms with E-state index in [-0.39, 0.29) is 12.8 Å². The summed E-state index contributed by atoms with van der Waals surface area (Å²) in [5.74, 6) is -1.21. The monoisotopic (exact) mass is 361 g/mol. The van der Waals surface area contributed by atoms with E-state index in [4.69, 9.17) is 0 Å². The van der Waals surface area contributed by atoms with Gasteiger partial charge in [-0.15, -0.1) is 0 Å². The molecule has 2 saturated carbocycles. The average molecular weight is 361 g/mol. The van der Waals surface area contributed by atoms with Crippen LogP contribution < -0.4 is 11.2 Å². The number of imidazole rings is 1. The van der Waals surface area contributed by atoms with Crippen LogP contribution in [0.5, 0.6) is 0 Å². The van der Waals surface area contributed by atoms with Crippen molar-refractivity contribution in [1.82, 2.24) is 24.6 Å². The Labute approximate surface area is 146 Å². The van der Waals surface area contributed by atoms with Crippen LogP contribution in [-0.4, -0.2) is 30.5 Å². The predicted octanol–water partition coefficient (Wildman–Crippen LogP) is 2.21. The summed E-state index contributed by atoms with van der Waals surface area (Å²) in [5.41, 5.74) is 0.450. The van der Waals surface area contributed by atoms with Crippen molar-refractivity contribution in [3.63, 3.8) is 0 Å². The summed E-state index contributed by atoms with van der Waals surface area (Å²) in [6, 6.07) is 3.41. The topological polar surface area (TPSA) is 95.9 Å². The second-order valence-electron chi connectivity index (χ2n) is 6.80. The molecule has 3 heterocycles. The van der Waals surface area contributed by atoms with Gasteiger partial charge in [0, 0.05) is 31.4 Å². The van der Waals surface area contributed by atoms with Gasteiger partial charge in [0.1, 0.15) is 0 Å². The summed E-state index contributed by atoms with van der Waals surface area (Å²) in [4.78, 5) is 31.1. The first-order valence-corrected chi connectivity index (χ1v) is 8.42. The van der Waals surface area contributed by atoms with Crippen molar-refractivity contribution in [1.29, 1.82) is 0 Å². The summed E-state index contributed by atoms with van der Waals surface area (Å²) in [6.07, 6.45) is 7.41. The van der Waals surface area contributed by atoms with Crippen LogP contribution in [0.25, 0.3) is 16.9 Å². The molecule has 0 atom stereocenters. The predicted molar refractivity (Wildman–Crippen MR) is 90.1 cm³/mol. The molecule has 0 bridgehead atoms. The van der Waals surface area contributed by atoms with Gasteiger partial charge in [-0.25, -0.2) is 23.1 Å². The van der Waals surface area contributed by atoms with E-state index in [9.17, 15) is 18.4 Å². The first-order valence-electron chi connectivity index (χ1n) is 8.42. The second kappa shape index (κ2) is 6.15. The third kappa shape index (κ3) is 3.42. The van der Waals surface area contributed by atoms with E-state index < -0.39 is 17.2 Å². The first kappa shape index (κ1) is 16.6. The van der Waals surface area contributed by atoms with Gasteiger partial charge in [0.05, 0.1) is 11.3 Å². The Morgan fingerprint density at radius 2 is 1.92 bits per heavy atom. The van der Waals surface area contributed by atoms with Gasteiger partial charge < -0.3 is 4.98 Å². The molecule has 0 saturated heterocycles. The third-order valence-corrected chi connectivity index (χ3v) is 4.76. The zero-order chi connectivity index (χ0) is 18.3. The molecule has 0 aromatic carbocycles. The molecular weight excluding hydrogens is 344 g/mol. The smallest absolute Gasteiger partial charge is 0.313 e. The van der Waals surface area contributed by atoms with Crippen LogP contribution in [-0.2, 0) is 0 Å². The number of aromatic amines is 2. The molecule has 3 aromatic heterocycles. The Kier molecular flexibility index (Phi) is 3.93. The van der Waals surface area contributed by atoms with E-state index in [1.54, 1.807) is 29.0 Å². The highest BCUT2D eigenvalue weighted by atomic mass is 19.3. The Morgan fingerprint density at radius 3 is 2.58 bits per heavy atom. The number of hydrogen-bond donors (Lipinski definition) is 2. The van der Waals surface area contributed by atoms with Gasteiger partial charge in [-0.05, 0) is 36.8 Å². The minimum Gasteiger partial charge on any atom is -0.313 e. The van der Waals surface area contributed by atoms with E-state index in [0.29, 0.717) is 28.7 Å². The molecule has 3 aromatic rings. The molecular formula is C17H17F2N5O2. The zero-order valence-corrected chi connectivity index (χ0v) is 13.8. The van der Waals surface area contributed by atoms with Crippen LogP contribution in [0.4, 0.5) is 8.78 Å². The molecule has 0 spiro atoms. The van der Waals surface area contributed by atoms with E-state index in [1.165, 1.54) is 19.0 Å². The molecule has 0 radical (unpaired) electrons. The highest BCUT2D eigenvalue weighted by Gasteiger charge is 2.50. The number of rotatable bonds is 2. The number of nitrogens with zero attached hydrogens (tertiary/aromatic N) is 3. The fourth-order valence-electron chi connectivity index (χ4n) is 3.17. The quantitative estimate of drug-likeness (QED) is 0.731. The molecule has 5 rings (SSSR count).